The molecule has 1 unspecified atom stereocenters. The zero-order chi connectivity index (χ0) is 15.8. The van der Waals surface area contributed by atoms with E-state index in [1.807, 2.05) is 4.90 Å². The second-order valence-electron chi connectivity index (χ2n) is 5.31. The van der Waals surface area contributed by atoms with E-state index in [1.54, 1.807) is 12.1 Å². The molecule has 0 bridgehead atoms. The molecule has 1 saturated heterocycles. The van der Waals surface area contributed by atoms with E-state index in [4.69, 9.17) is 11.5 Å². The largest absolute Gasteiger partial charge is 0.396 e. The number of rotatable bonds is 4. The Kier molecular flexibility index (Phi) is 4.11. The molecule has 1 aliphatic rings. The molecule has 0 aliphatic carbocycles. The fourth-order valence-corrected chi connectivity index (χ4v) is 3.47. The summed E-state index contributed by atoms with van der Waals surface area (Å²) in [5.41, 5.74) is 12.2. The van der Waals surface area contributed by atoms with E-state index in [9.17, 15) is 13.2 Å². The molecule has 21 heavy (non-hydrogen) atoms. The molecule has 4 N–H and O–H groups in total. The molecule has 1 aromatic rings. The van der Waals surface area contributed by atoms with Crippen molar-refractivity contribution in [2.75, 3.05) is 37.8 Å². The molecule has 0 saturated carbocycles. The van der Waals surface area contributed by atoms with Crippen molar-refractivity contribution in [3.8, 4) is 0 Å². The van der Waals surface area contributed by atoms with E-state index in [0.717, 1.165) is 4.31 Å². The van der Waals surface area contributed by atoms with Gasteiger partial charge in [0.15, 0.2) is 0 Å². The smallest absolute Gasteiger partial charge is 0.244 e. The van der Waals surface area contributed by atoms with Gasteiger partial charge in [0.1, 0.15) is 4.90 Å². The maximum absolute atomic E-state index is 12.2. The Morgan fingerprint density at radius 2 is 2.05 bits per heavy atom. The summed E-state index contributed by atoms with van der Waals surface area (Å²) < 4.78 is 25.6. The number of nitrogens with zero attached hydrogens (tertiary/aromatic N) is 2. The van der Waals surface area contributed by atoms with Gasteiger partial charge in [0, 0.05) is 27.2 Å². The van der Waals surface area contributed by atoms with Crippen LogP contribution in [0.4, 0.5) is 11.4 Å². The minimum absolute atomic E-state index is 0.0764. The minimum Gasteiger partial charge on any atom is -0.396 e. The van der Waals surface area contributed by atoms with Crippen molar-refractivity contribution in [1.29, 1.82) is 0 Å². The number of primary amides is 1. The zero-order valence-corrected chi connectivity index (χ0v) is 12.9. The average molecular weight is 312 g/mol. The number of nitrogens with two attached hydrogens (primary N) is 2. The minimum atomic E-state index is -3.60. The molecule has 0 radical (unpaired) electrons. The standard InChI is InChI=1S/C13H20N4O3S/c1-16(2)21(19,20)11-5-3-4-10(12(11)14)17-7-6-9(8-17)13(15)18/h3-5,9H,6-8,14H2,1-2H3,(H2,15,18). The summed E-state index contributed by atoms with van der Waals surface area (Å²) in [6, 6.07) is 4.89. The first kappa shape index (κ1) is 15.6. The van der Waals surface area contributed by atoms with Crippen LogP contribution in [0.2, 0.25) is 0 Å². The topological polar surface area (TPSA) is 110 Å². The quantitative estimate of drug-likeness (QED) is 0.750. The van der Waals surface area contributed by atoms with Crippen LogP contribution in [0.5, 0.6) is 0 Å². The molecule has 1 amide bonds. The van der Waals surface area contributed by atoms with Crippen molar-refractivity contribution < 1.29 is 13.2 Å². The first-order valence-corrected chi connectivity index (χ1v) is 8.04. The van der Waals surface area contributed by atoms with Crippen molar-refractivity contribution >= 4 is 27.3 Å². The summed E-state index contributed by atoms with van der Waals surface area (Å²) >= 11 is 0. The Bertz CT molecular complexity index is 657. The molecule has 1 atom stereocenters. The average Bonchev–Trinajstić information content (AvgIpc) is 2.88. The van der Waals surface area contributed by atoms with Gasteiger partial charge < -0.3 is 16.4 Å². The van der Waals surface area contributed by atoms with Crippen molar-refractivity contribution in [3.63, 3.8) is 0 Å². The molecule has 1 fully saturated rings. The summed E-state index contributed by atoms with van der Waals surface area (Å²) in [5.74, 6) is -0.563. The van der Waals surface area contributed by atoms with Gasteiger partial charge in [-0.05, 0) is 18.6 Å². The number of hydrogen-bond acceptors (Lipinski definition) is 5. The fourth-order valence-electron chi connectivity index (χ4n) is 2.44. The normalized spacial score (nSPS) is 19.2. The van der Waals surface area contributed by atoms with Gasteiger partial charge in [0.25, 0.3) is 0 Å². The molecular formula is C13H20N4O3S. The van der Waals surface area contributed by atoms with Crippen molar-refractivity contribution in [2.45, 2.75) is 11.3 Å². The van der Waals surface area contributed by atoms with Crippen molar-refractivity contribution in [2.24, 2.45) is 11.7 Å². The summed E-state index contributed by atoms with van der Waals surface area (Å²) in [5, 5.41) is 0. The van der Waals surface area contributed by atoms with Crippen molar-refractivity contribution in [1.82, 2.24) is 4.31 Å². The lowest BCUT2D eigenvalue weighted by Crippen LogP contribution is -2.28. The second-order valence-corrected chi connectivity index (χ2v) is 7.43. The molecule has 2 rings (SSSR count). The molecule has 0 spiro atoms. The number of carbonyl (C=O) groups excluding carboxylic acids is 1. The number of amides is 1. The van der Waals surface area contributed by atoms with Crippen LogP contribution in [0.25, 0.3) is 0 Å². The predicted molar refractivity (Wildman–Crippen MR) is 81.2 cm³/mol. The molecule has 7 nitrogen and oxygen atoms in total. The fraction of sp³-hybridized carbons (Fsp3) is 0.462. The van der Waals surface area contributed by atoms with Crippen LogP contribution in [0.15, 0.2) is 23.1 Å². The highest BCUT2D eigenvalue weighted by Gasteiger charge is 2.29. The number of anilines is 2. The van der Waals surface area contributed by atoms with Gasteiger partial charge in [-0.15, -0.1) is 0 Å². The lowest BCUT2D eigenvalue weighted by Gasteiger charge is -2.22. The van der Waals surface area contributed by atoms with Gasteiger partial charge >= 0.3 is 0 Å². The Hall–Kier alpha value is -1.80. The first-order valence-electron chi connectivity index (χ1n) is 6.60. The number of nitrogen functional groups attached to an aromatic ring is 1. The summed E-state index contributed by atoms with van der Waals surface area (Å²) in [6.07, 6.45) is 0.652. The highest BCUT2D eigenvalue weighted by Crippen LogP contribution is 2.33. The Labute approximate surface area is 124 Å². The van der Waals surface area contributed by atoms with Crippen LogP contribution in [-0.4, -0.2) is 45.8 Å². The summed E-state index contributed by atoms with van der Waals surface area (Å²) in [6.45, 7) is 1.09. The van der Waals surface area contributed by atoms with Gasteiger partial charge in [-0.1, -0.05) is 6.07 Å². The molecular weight excluding hydrogens is 292 g/mol. The maximum atomic E-state index is 12.2. The molecule has 0 aromatic heterocycles. The molecule has 8 heteroatoms. The van der Waals surface area contributed by atoms with E-state index in [0.29, 0.717) is 25.2 Å². The van der Waals surface area contributed by atoms with Crippen LogP contribution >= 0.6 is 0 Å². The van der Waals surface area contributed by atoms with Crippen LogP contribution in [-0.2, 0) is 14.8 Å². The SMILES string of the molecule is CN(C)S(=O)(=O)c1cccc(N2CCC(C(N)=O)C2)c1N. The number of para-hydroxylation sites is 1. The molecule has 1 aliphatic heterocycles. The van der Waals surface area contributed by atoms with Gasteiger partial charge in [-0.25, -0.2) is 12.7 Å². The summed E-state index contributed by atoms with van der Waals surface area (Å²) in [7, 11) is -0.682. The van der Waals surface area contributed by atoms with E-state index in [1.165, 1.54) is 20.2 Å². The third-order valence-electron chi connectivity index (χ3n) is 3.73. The first-order chi connectivity index (χ1) is 9.75. The Morgan fingerprint density at radius 1 is 1.38 bits per heavy atom. The van der Waals surface area contributed by atoms with Gasteiger partial charge in [0.2, 0.25) is 15.9 Å². The number of hydrogen-bond donors (Lipinski definition) is 2. The third-order valence-corrected chi connectivity index (χ3v) is 5.61. The monoisotopic (exact) mass is 312 g/mol. The second kappa shape index (κ2) is 5.53. The van der Waals surface area contributed by atoms with Gasteiger partial charge in [-0.3, -0.25) is 4.79 Å². The van der Waals surface area contributed by atoms with E-state index in [2.05, 4.69) is 0 Å². The van der Waals surface area contributed by atoms with Gasteiger partial charge in [-0.2, -0.15) is 0 Å². The molecule has 116 valence electrons. The maximum Gasteiger partial charge on any atom is 0.244 e. The highest BCUT2D eigenvalue weighted by atomic mass is 32.2. The van der Waals surface area contributed by atoms with Crippen LogP contribution in [0.1, 0.15) is 6.42 Å². The Balaban J connectivity index is 2.38. The summed E-state index contributed by atoms with van der Waals surface area (Å²) in [4.78, 5) is 13.2. The number of sulfonamides is 1. The zero-order valence-electron chi connectivity index (χ0n) is 12.1. The number of benzene rings is 1. The van der Waals surface area contributed by atoms with Gasteiger partial charge in [0.05, 0.1) is 17.3 Å². The third kappa shape index (κ3) is 2.81. The van der Waals surface area contributed by atoms with Crippen molar-refractivity contribution in [3.05, 3.63) is 18.2 Å². The van der Waals surface area contributed by atoms with Crippen LogP contribution < -0.4 is 16.4 Å². The van der Waals surface area contributed by atoms with E-state index >= 15 is 0 Å². The van der Waals surface area contributed by atoms with Crippen LogP contribution in [0, 0.1) is 5.92 Å². The van der Waals surface area contributed by atoms with E-state index < -0.39 is 10.0 Å². The predicted octanol–water partition coefficient (Wildman–Crippen LogP) is -0.169. The lowest BCUT2D eigenvalue weighted by molar-refractivity contribution is -0.121. The molecule has 1 heterocycles. The lowest BCUT2D eigenvalue weighted by atomic mass is 10.1. The number of carbonyl (C=O) groups is 1. The molecule has 1 aromatic carbocycles. The van der Waals surface area contributed by atoms with E-state index in [-0.39, 0.29) is 22.4 Å². The Morgan fingerprint density at radius 3 is 2.57 bits per heavy atom. The van der Waals surface area contributed by atoms with Crippen LogP contribution in [0.3, 0.4) is 0 Å². The highest BCUT2D eigenvalue weighted by molar-refractivity contribution is 7.89.